The van der Waals surface area contributed by atoms with Crippen molar-refractivity contribution in [2.45, 2.75) is 59.1 Å². The van der Waals surface area contributed by atoms with Crippen LogP contribution < -0.4 is 10.1 Å². The number of nitrogens with one attached hydrogen (secondary N) is 1. The van der Waals surface area contributed by atoms with E-state index in [9.17, 15) is 0 Å². The van der Waals surface area contributed by atoms with E-state index < -0.39 is 0 Å². The van der Waals surface area contributed by atoms with Gasteiger partial charge in [0.2, 0.25) is 0 Å². The van der Waals surface area contributed by atoms with Gasteiger partial charge in [-0.05, 0) is 43.7 Å². The van der Waals surface area contributed by atoms with Crippen LogP contribution in [-0.4, -0.2) is 6.54 Å². The van der Waals surface area contributed by atoms with Crippen molar-refractivity contribution in [3.63, 3.8) is 0 Å². The molecule has 0 heterocycles. The summed E-state index contributed by atoms with van der Waals surface area (Å²) in [6.45, 7) is 6.74. The fourth-order valence-electron chi connectivity index (χ4n) is 2.75. The standard InChI is InChI=1S/C22H30ClNO.ClH/c1-3-4-5-6-7-14-24-16-20-15-21(23)12-13-22(20)25-17-19-10-8-18(2)9-11-19;/h8-13,15,24H,3-7,14,16-17H2,1-2H3;1H. The molecular weight excluding hydrogens is 365 g/mol. The van der Waals surface area contributed by atoms with E-state index >= 15 is 0 Å². The largest absolute Gasteiger partial charge is 0.489 e. The van der Waals surface area contributed by atoms with Crippen LogP contribution in [0.3, 0.4) is 0 Å². The van der Waals surface area contributed by atoms with Crippen molar-refractivity contribution >= 4 is 24.0 Å². The Morgan fingerprint density at radius 3 is 2.42 bits per heavy atom. The number of halogens is 2. The number of aryl methyl sites for hydroxylation is 1. The van der Waals surface area contributed by atoms with Crippen LogP contribution in [0.5, 0.6) is 5.75 Å². The minimum absolute atomic E-state index is 0. The maximum absolute atomic E-state index is 6.17. The first-order chi connectivity index (χ1) is 12.2. The van der Waals surface area contributed by atoms with E-state index in [1.807, 2.05) is 18.2 Å². The van der Waals surface area contributed by atoms with E-state index in [1.165, 1.54) is 43.2 Å². The van der Waals surface area contributed by atoms with Gasteiger partial charge in [0, 0.05) is 17.1 Å². The van der Waals surface area contributed by atoms with Crippen molar-refractivity contribution in [1.29, 1.82) is 0 Å². The van der Waals surface area contributed by atoms with E-state index in [0.717, 1.165) is 29.4 Å². The van der Waals surface area contributed by atoms with Crippen LogP contribution >= 0.6 is 24.0 Å². The first kappa shape index (κ1) is 22.8. The highest BCUT2D eigenvalue weighted by Gasteiger charge is 2.05. The van der Waals surface area contributed by atoms with Crippen LogP contribution in [0.2, 0.25) is 5.02 Å². The van der Waals surface area contributed by atoms with Crippen LogP contribution in [0.4, 0.5) is 0 Å². The van der Waals surface area contributed by atoms with Crippen LogP contribution in [0, 0.1) is 6.92 Å². The summed E-state index contributed by atoms with van der Waals surface area (Å²) in [7, 11) is 0. The molecule has 1 N–H and O–H groups in total. The molecule has 2 aromatic carbocycles. The number of rotatable bonds is 11. The molecule has 0 amide bonds. The Balaban J connectivity index is 0.00000338. The second-order valence-electron chi connectivity index (χ2n) is 6.62. The van der Waals surface area contributed by atoms with E-state index in [-0.39, 0.29) is 12.4 Å². The Kier molecular flexibility index (Phi) is 11.4. The fourth-order valence-corrected chi connectivity index (χ4v) is 2.94. The van der Waals surface area contributed by atoms with Gasteiger partial charge in [0.25, 0.3) is 0 Å². The zero-order chi connectivity index (χ0) is 17.9. The molecule has 0 aromatic heterocycles. The topological polar surface area (TPSA) is 21.3 Å². The molecular formula is C22H31Cl2NO. The third-order valence-electron chi connectivity index (χ3n) is 4.31. The maximum atomic E-state index is 6.17. The third-order valence-corrected chi connectivity index (χ3v) is 4.55. The zero-order valence-corrected chi connectivity index (χ0v) is 17.5. The van der Waals surface area contributed by atoms with Gasteiger partial charge in [-0.15, -0.1) is 12.4 Å². The van der Waals surface area contributed by atoms with Gasteiger partial charge in [0.15, 0.2) is 0 Å². The average molecular weight is 396 g/mol. The molecule has 2 rings (SSSR count). The maximum Gasteiger partial charge on any atom is 0.124 e. The number of hydrogen-bond donors (Lipinski definition) is 1. The van der Waals surface area contributed by atoms with E-state index in [1.54, 1.807) is 0 Å². The smallest absolute Gasteiger partial charge is 0.124 e. The number of benzene rings is 2. The summed E-state index contributed by atoms with van der Waals surface area (Å²) in [5.41, 5.74) is 3.56. The lowest BCUT2D eigenvalue weighted by Gasteiger charge is -2.13. The molecule has 0 aliphatic heterocycles. The molecule has 0 fully saturated rings. The average Bonchev–Trinajstić information content (AvgIpc) is 2.61. The summed E-state index contributed by atoms with van der Waals surface area (Å²) in [6, 6.07) is 14.3. The Bertz CT molecular complexity index is 629. The van der Waals surface area contributed by atoms with Gasteiger partial charge in [-0.2, -0.15) is 0 Å². The van der Waals surface area contributed by atoms with Crippen molar-refractivity contribution in [2.75, 3.05) is 6.54 Å². The van der Waals surface area contributed by atoms with Gasteiger partial charge in [0.1, 0.15) is 12.4 Å². The molecule has 0 aliphatic rings. The molecule has 0 saturated heterocycles. The van der Waals surface area contributed by atoms with Gasteiger partial charge < -0.3 is 10.1 Å². The van der Waals surface area contributed by atoms with Gasteiger partial charge in [-0.3, -0.25) is 0 Å². The Morgan fingerprint density at radius 1 is 0.962 bits per heavy atom. The molecule has 2 nitrogen and oxygen atoms in total. The molecule has 4 heteroatoms. The van der Waals surface area contributed by atoms with Crippen molar-refractivity contribution in [1.82, 2.24) is 5.32 Å². The second kappa shape index (κ2) is 13.0. The van der Waals surface area contributed by atoms with Crippen LogP contribution in [0.25, 0.3) is 0 Å². The van der Waals surface area contributed by atoms with Crippen molar-refractivity contribution < 1.29 is 4.74 Å². The van der Waals surface area contributed by atoms with Gasteiger partial charge in [0.05, 0.1) is 0 Å². The quantitative estimate of drug-likeness (QED) is 0.426. The molecule has 0 saturated carbocycles. The van der Waals surface area contributed by atoms with E-state index in [4.69, 9.17) is 16.3 Å². The van der Waals surface area contributed by atoms with Crippen LogP contribution in [-0.2, 0) is 13.2 Å². The Labute approximate surface area is 169 Å². The molecule has 0 bridgehead atoms. The minimum atomic E-state index is 0. The van der Waals surface area contributed by atoms with Crippen molar-refractivity contribution in [3.8, 4) is 5.75 Å². The lowest BCUT2D eigenvalue weighted by atomic mass is 10.1. The molecule has 0 atom stereocenters. The molecule has 2 aromatic rings. The molecule has 26 heavy (non-hydrogen) atoms. The van der Waals surface area contributed by atoms with Gasteiger partial charge in [-0.1, -0.05) is 74.0 Å². The first-order valence-corrected chi connectivity index (χ1v) is 9.74. The predicted molar refractivity (Wildman–Crippen MR) is 115 cm³/mol. The predicted octanol–water partition coefficient (Wildman–Crippen LogP) is 6.71. The minimum Gasteiger partial charge on any atom is -0.489 e. The number of unbranched alkanes of at least 4 members (excludes halogenated alkanes) is 4. The Morgan fingerprint density at radius 2 is 1.69 bits per heavy atom. The van der Waals surface area contributed by atoms with Crippen molar-refractivity contribution in [2.24, 2.45) is 0 Å². The summed E-state index contributed by atoms with van der Waals surface area (Å²) in [5, 5.41) is 4.27. The number of ether oxygens (including phenoxy) is 1. The van der Waals surface area contributed by atoms with E-state index in [2.05, 4.69) is 43.4 Å². The normalized spacial score (nSPS) is 10.4. The van der Waals surface area contributed by atoms with Crippen LogP contribution in [0.15, 0.2) is 42.5 Å². The summed E-state index contributed by atoms with van der Waals surface area (Å²) in [4.78, 5) is 0. The molecule has 144 valence electrons. The molecule has 0 unspecified atom stereocenters. The van der Waals surface area contributed by atoms with Gasteiger partial charge >= 0.3 is 0 Å². The van der Waals surface area contributed by atoms with E-state index in [0.29, 0.717) is 6.61 Å². The van der Waals surface area contributed by atoms with Crippen molar-refractivity contribution in [3.05, 3.63) is 64.2 Å². The van der Waals surface area contributed by atoms with Crippen LogP contribution in [0.1, 0.15) is 55.7 Å². The summed E-state index contributed by atoms with van der Waals surface area (Å²) in [6.07, 6.45) is 6.48. The number of hydrogen-bond acceptors (Lipinski definition) is 2. The summed E-state index contributed by atoms with van der Waals surface area (Å²) in [5.74, 6) is 0.906. The first-order valence-electron chi connectivity index (χ1n) is 9.36. The SMILES string of the molecule is CCCCCCCNCc1cc(Cl)ccc1OCc1ccc(C)cc1.Cl. The third kappa shape index (κ3) is 8.44. The highest BCUT2D eigenvalue weighted by atomic mass is 35.5. The molecule has 0 spiro atoms. The monoisotopic (exact) mass is 395 g/mol. The summed E-state index contributed by atoms with van der Waals surface area (Å²) < 4.78 is 6.03. The fraction of sp³-hybridized carbons (Fsp3) is 0.455. The highest BCUT2D eigenvalue weighted by Crippen LogP contribution is 2.24. The highest BCUT2D eigenvalue weighted by molar-refractivity contribution is 6.30. The van der Waals surface area contributed by atoms with Gasteiger partial charge in [-0.25, -0.2) is 0 Å². The zero-order valence-electron chi connectivity index (χ0n) is 15.9. The molecule has 0 radical (unpaired) electrons. The Hall–Kier alpha value is -1.22. The summed E-state index contributed by atoms with van der Waals surface area (Å²) >= 11 is 6.17. The lowest BCUT2D eigenvalue weighted by Crippen LogP contribution is -2.15. The second-order valence-corrected chi connectivity index (χ2v) is 7.05. The lowest BCUT2D eigenvalue weighted by molar-refractivity contribution is 0.302. The molecule has 0 aliphatic carbocycles.